The zero-order chi connectivity index (χ0) is 14.5. The summed E-state index contributed by atoms with van der Waals surface area (Å²) in [5, 5.41) is 0. The molecule has 0 aromatic carbocycles. The summed E-state index contributed by atoms with van der Waals surface area (Å²) in [6.07, 6.45) is 7.13. The highest BCUT2D eigenvalue weighted by Crippen LogP contribution is 2.09. The molecule has 0 aromatic rings. The third-order valence-corrected chi connectivity index (χ3v) is 3.16. The molecule has 0 heterocycles. The number of rotatable bonds is 10. The van der Waals surface area contributed by atoms with Crippen LogP contribution in [0.4, 0.5) is 0 Å². The lowest BCUT2D eigenvalue weighted by Crippen LogP contribution is -2.09. The van der Waals surface area contributed by atoms with E-state index in [0.717, 1.165) is 38.5 Å². The molecule has 0 saturated heterocycles. The van der Waals surface area contributed by atoms with Crippen LogP contribution in [0, 0.1) is 0 Å². The Balaban J connectivity index is 3.88. The first-order valence-corrected chi connectivity index (χ1v) is 7.90. The molecule has 0 N–H and O–H groups in total. The van der Waals surface area contributed by atoms with Gasteiger partial charge in [-0.1, -0.05) is 39.5 Å². The van der Waals surface area contributed by atoms with Crippen molar-refractivity contribution < 1.29 is 19.1 Å². The van der Waals surface area contributed by atoms with Crippen LogP contribution in [0.25, 0.3) is 0 Å². The lowest BCUT2D eigenvalue weighted by atomic mass is 10.3. The first-order valence-electron chi connectivity index (χ1n) is 6.82. The van der Waals surface area contributed by atoms with Crippen LogP contribution in [-0.2, 0) is 19.1 Å². The SMILES string of the molecule is CCCCCOC(=O)/C=C(/I)C(=O)OCCCCC. The van der Waals surface area contributed by atoms with Gasteiger partial charge < -0.3 is 9.47 Å². The summed E-state index contributed by atoms with van der Waals surface area (Å²) in [4.78, 5) is 22.9. The van der Waals surface area contributed by atoms with E-state index in [2.05, 4.69) is 13.8 Å². The minimum Gasteiger partial charge on any atom is -0.463 e. The normalized spacial score (nSPS) is 11.2. The molecule has 0 atom stereocenters. The molecule has 0 radical (unpaired) electrons. The van der Waals surface area contributed by atoms with Gasteiger partial charge in [0.1, 0.15) is 3.58 Å². The Hall–Kier alpha value is -0.590. The lowest BCUT2D eigenvalue weighted by molar-refractivity contribution is -0.140. The summed E-state index contributed by atoms with van der Waals surface area (Å²) >= 11 is 1.80. The molecule has 0 unspecified atom stereocenters. The number of hydrogen-bond donors (Lipinski definition) is 0. The van der Waals surface area contributed by atoms with Crippen molar-refractivity contribution >= 4 is 34.5 Å². The average Bonchev–Trinajstić information content (AvgIpc) is 2.39. The van der Waals surface area contributed by atoms with Crippen molar-refractivity contribution in [2.75, 3.05) is 13.2 Å². The van der Waals surface area contributed by atoms with Crippen molar-refractivity contribution in [2.45, 2.75) is 52.4 Å². The second-order valence-corrected chi connectivity index (χ2v) is 5.37. The van der Waals surface area contributed by atoms with Crippen molar-refractivity contribution in [3.05, 3.63) is 9.66 Å². The van der Waals surface area contributed by atoms with Crippen molar-refractivity contribution in [1.82, 2.24) is 0 Å². The molecular weight excluding hydrogens is 359 g/mol. The average molecular weight is 382 g/mol. The molecule has 0 aliphatic carbocycles. The molecule has 5 heteroatoms. The van der Waals surface area contributed by atoms with Crippen LogP contribution in [0.5, 0.6) is 0 Å². The maximum absolute atomic E-state index is 11.5. The monoisotopic (exact) mass is 382 g/mol. The summed E-state index contributed by atoms with van der Waals surface area (Å²) in [5.74, 6) is -0.937. The van der Waals surface area contributed by atoms with Gasteiger partial charge in [-0.25, -0.2) is 9.59 Å². The summed E-state index contributed by atoms with van der Waals surface area (Å²) in [6.45, 7) is 4.97. The van der Waals surface area contributed by atoms with Crippen molar-refractivity contribution in [3.8, 4) is 0 Å². The van der Waals surface area contributed by atoms with Crippen molar-refractivity contribution in [3.63, 3.8) is 0 Å². The van der Waals surface area contributed by atoms with E-state index in [1.54, 1.807) is 22.6 Å². The topological polar surface area (TPSA) is 52.6 Å². The maximum Gasteiger partial charge on any atom is 0.344 e. The summed E-state index contributed by atoms with van der Waals surface area (Å²) in [6, 6.07) is 0. The van der Waals surface area contributed by atoms with Crippen LogP contribution in [0.1, 0.15) is 52.4 Å². The Kier molecular flexibility index (Phi) is 12.1. The van der Waals surface area contributed by atoms with Gasteiger partial charge in [0, 0.05) is 6.08 Å². The fourth-order valence-corrected chi connectivity index (χ4v) is 1.72. The largest absolute Gasteiger partial charge is 0.463 e. The van der Waals surface area contributed by atoms with Gasteiger partial charge in [0.2, 0.25) is 0 Å². The second kappa shape index (κ2) is 12.4. The first kappa shape index (κ1) is 18.4. The van der Waals surface area contributed by atoms with E-state index >= 15 is 0 Å². The number of ether oxygens (including phenoxy) is 2. The number of esters is 2. The predicted molar refractivity (Wildman–Crippen MR) is 83.1 cm³/mol. The maximum atomic E-state index is 11.5. The number of hydrogen-bond acceptors (Lipinski definition) is 4. The summed E-state index contributed by atoms with van der Waals surface area (Å²) < 4.78 is 10.3. The fourth-order valence-electron chi connectivity index (χ4n) is 1.31. The minimum atomic E-state index is -0.481. The van der Waals surface area contributed by atoms with E-state index in [0.29, 0.717) is 13.2 Å². The molecule has 0 bridgehead atoms. The highest BCUT2D eigenvalue weighted by Gasteiger charge is 2.10. The number of halogens is 1. The van der Waals surface area contributed by atoms with Crippen LogP contribution in [0.3, 0.4) is 0 Å². The number of carbonyl (C=O) groups is 2. The zero-order valence-corrected chi connectivity index (χ0v) is 13.9. The lowest BCUT2D eigenvalue weighted by Gasteiger charge is -2.04. The van der Waals surface area contributed by atoms with Crippen LogP contribution in [0.2, 0.25) is 0 Å². The van der Waals surface area contributed by atoms with Gasteiger partial charge in [-0.15, -0.1) is 0 Å². The molecule has 0 spiro atoms. The molecule has 0 aliphatic rings. The van der Waals surface area contributed by atoms with E-state index in [1.807, 2.05) is 0 Å². The Labute approximate surface area is 129 Å². The Morgan fingerprint density at radius 3 is 2.00 bits per heavy atom. The first-order chi connectivity index (χ1) is 9.11. The molecule has 0 fully saturated rings. The van der Waals surface area contributed by atoms with E-state index in [1.165, 1.54) is 6.08 Å². The standard InChI is InChI=1S/C14H23IO4/c1-3-5-7-9-18-13(16)11-12(15)14(17)19-10-8-6-4-2/h11H,3-10H2,1-2H3/b12-11+. The third-order valence-electron chi connectivity index (χ3n) is 2.41. The zero-order valence-electron chi connectivity index (χ0n) is 11.7. The second-order valence-electron chi connectivity index (χ2n) is 4.21. The van der Waals surface area contributed by atoms with Crippen LogP contribution in [-0.4, -0.2) is 25.2 Å². The quantitative estimate of drug-likeness (QED) is 0.250. The van der Waals surface area contributed by atoms with E-state index in [9.17, 15) is 9.59 Å². The Bertz CT molecular complexity index is 300. The highest BCUT2D eigenvalue weighted by molar-refractivity contribution is 14.1. The highest BCUT2D eigenvalue weighted by atomic mass is 127. The van der Waals surface area contributed by atoms with E-state index in [-0.39, 0.29) is 3.58 Å². The van der Waals surface area contributed by atoms with Crippen molar-refractivity contribution in [2.24, 2.45) is 0 Å². The molecule has 0 rings (SSSR count). The van der Waals surface area contributed by atoms with Crippen LogP contribution in [0.15, 0.2) is 9.66 Å². The molecule has 19 heavy (non-hydrogen) atoms. The third kappa shape index (κ3) is 11.0. The van der Waals surface area contributed by atoms with Gasteiger partial charge in [0.15, 0.2) is 0 Å². The van der Waals surface area contributed by atoms with Gasteiger partial charge in [-0.05, 0) is 35.4 Å². The molecule has 0 saturated carbocycles. The van der Waals surface area contributed by atoms with Gasteiger partial charge in [-0.2, -0.15) is 0 Å². The van der Waals surface area contributed by atoms with E-state index < -0.39 is 11.9 Å². The van der Waals surface area contributed by atoms with Gasteiger partial charge in [0.05, 0.1) is 13.2 Å². The van der Waals surface area contributed by atoms with Crippen LogP contribution < -0.4 is 0 Å². The summed E-state index contributed by atoms with van der Waals surface area (Å²) in [7, 11) is 0. The molecule has 110 valence electrons. The minimum absolute atomic E-state index is 0.259. The molecule has 0 aromatic heterocycles. The van der Waals surface area contributed by atoms with Crippen molar-refractivity contribution in [1.29, 1.82) is 0 Å². The van der Waals surface area contributed by atoms with Gasteiger partial charge in [0.25, 0.3) is 0 Å². The number of carbonyl (C=O) groups excluding carboxylic acids is 2. The van der Waals surface area contributed by atoms with Gasteiger partial charge >= 0.3 is 11.9 Å². The smallest absolute Gasteiger partial charge is 0.344 e. The van der Waals surface area contributed by atoms with E-state index in [4.69, 9.17) is 9.47 Å². The van der Waals surface area contributed by atoms with Gasteiger partial charge in [-0.3, -0.25) is 0 Å². The number of unbranched alkanes of at least 4 members (excludes halogenated alkanes) is 4. The molecule has 0 amide bonds. The molecular formula is C14H23IO4. The Morgan fingerprint density at radius 1 is 0.947 bits per heavy atom. The fraction of sp³-hybridized carbons (Fsp3) is 0.714. The molecule has 0 aliphatic heterocycles. The summed E-state index contributed by atoms with van der Waals surface area (Å²) in [5.41, 5.74) is 0. The molecule has 4 nitrogen and oxygen atoms in total. The predicted octanol–water partition coefficient (Wildman–Crippen LogP) is 3.77. The van der Waals surface area contributed by atoms with Crippen LogP contribution >= 0.6 is 22.6 Å². The Morgan fingerprint density at radius 2 is 1.47 bits per heavy atom.